The molecular weight excluding hydrogens is 302 g/mol. The van der Waals surface area contributed by atoms with Crippen molar-refractivity contribution in [1.29, 1.82) is 5.26 Å². The van der Waals surface area contributed by atoms with Gasteiger partial charge in [-0.15, -0.1) is 0 Å². The normalized spacial score (nSPS) is 22.2. The van der Waals surface area contributed by atoms with Gasteiger partial charge in [-0.1, -0.05) is 12.1 Å². The van der Waals surface area contributed by atoms with E-state index in [4.69, 9.17) is 10.00 Å². The summed E-state index contributed by atoms with van der Waals surface area (Å²) < 4.78 is 5.44. The SMILES string of the molecule is N#Cc1ccc(CC(=O)NC2CCN(CC3CCOC3)CC2)cc1. The number of hydrogen-bond donors (Lipinski definition) is 1. The predicted octanol–water partition coefficient (Wildman–Crippen LogP) is 1.72. The molecule has 0 bridgehead atoms. The molecule has 1 amide bonds. The zero-order valence-electron chi connectivity index (χ0n) is 14.0. The van der Waals surface area contributed by atoms with Crippen LogP contribution in [0.5, 0.6) is 0 Å². The summed E-state index contributed by atoms with van der Waals surface area (Å²) in [5, 5.41) is 12.0. The zero-order chi connectivity index (χ0) is 16.8. The lowest BCUT2D eigenvalue weighted by Crippen LogP contribution is -2.46. The minimum absolute atomic E-state index is 0.0716. The van der Waals surface area contributed by atoms with E-state index >= 15 is 0 Å². The summed E-state index contributed by atoms with van der Waals surface area (Å²) in [4.78, 5) is 14.7. The lowest BCUT2D eigenvalue weighted by molar-refractivity contribution is -0.121. The van der Waals surface area contributed by atoms with Crippen molar-refractivity contribution in [3.05, 3.63) is 35.4 Å². The zero-order valence-corrected chi connectivity index (χ0v) is 14.0. The largest absolute Gasteiger partial charge is 0.381 e. The second-order valence-electron chi connectivity index (χ2n) is 6.86. The summed E-state index contributed by atoms with van der Waals surface area (Å²) in [6.07, 6.45) is 3.60. The number of benzene rings is 1. The molecule has 1 aromatic rings. The highest BCUT2D eigenvalue weighted by molar-refractivity contribution is 5.78. The van der Waals surface area contributed by atoms with Gasteiger partial charge in [-0.05, 0) is 42.9 Å². The molecule has 2 heterocycles. The smallest absolute Gasteiger partial charge is 0.224 e. The second-order valence-corrected chi connectivity index (χ2v) is 6.86. The number of amides is 1. The van der Waals surface area contributed by atoms with Gasteiger partial charge in [0.05, 0.1) is 24.7 Å². The van der Waals surface area contributed by atoms with Crippen molar-refractivity contribution in [1.82, 2.24) is 10.2 Å². The number of piperidine rings is 1. The van der Waals surface area contributed by atoms with Crippen LogP contribution in [0.25, 0.3) is 0 Å². The lowest BCUT2D eigenvalue weighted by atomic mass is 10.0. The maximum absolute atomic E-state index is 12.2. The van der Waals surface area contributed by atoms with E-state index in [-0.39, 0.29) is 11.9 Å². The van der Waals surface area contributed by atoms with E-state index in [1.165, 1.54) is 6.42 Å². The van der Waals surface area contributed by atoms with E-state index in [2.05, 4.69) is 16.3 Å². The fourth-order valence-corrected chi connectivity index (χ4v) is 3.51. The van der Waals surface area contributed by atoms with Crippen LogP contribution in [-0.2, 0) is 16.0 Å². The van der Waals surface area contributed by atoms with Gasteiger partial charge in [-0.25, -0.2) is 0 Å². The highest BCUT2D eigenvalue weighted by Crippen LogP contribution is 2.17. The first-order valence-electron chi connectivity index (χ1n) is 8.81. The van der Waals surface area contributed by atoms with Gasteiger partial charge in [0.2, 0.25) is 5.91 Å². The average Bonchev–Trinajstić information content (AvgIpc) is 3.10. The second kappa shape index (κ2) is 8.27. The molecular formula is C19H25N3O2. The molecule has 1 aromatic carbocycles. The van der Waals surface area contributed by atoms with E-state index in [1.807, 2.05) is 12.1 Å². The van der Waals surface area contributed by atoms with Gasteiger partial charge in [0, 0.05) is 32.3 Å². The van der Waals surface area contributed by atoms with E-state index in [9.17, 15) is 4.79 Å². The quantitative estimate of drug-likeness (QED) is 0.894. The highest BCUT2D eigenvalue weighted by atomic mass is 16.5. The third kappa shape index (κ3) is 4.80. The van der Waals surface area contributed by atoms with Crippen molar-refractivity contribution >= 4 is 5.91 Å². The Morgan fingerprint density at radius 1 is 1.25 bits per heavy atom. The third-order valence-corrected chi connectivity index (χ3v) is 4.94. The maximum Gasteiger partial charge on any atom is 0.224 e. The van der Waals surface area contributed by atoms with Crippen molar-refractivity contribution in [2.75, 3.05) is 32.8 Å². The monoisotopic (exact) mass is 327 g/mol. The van der Waals surface area contributed by atoms with Crippen molar-refractivity contribution in [3.63, 3.8) is 0 Å². The Hall–Kier alpha value is -1.90. The third-order valence-electron chi connectivity index (χ3n) is 4.94. The van der Waals surface area contributed by atoms with Crippen LogP contribution in [0.2, 0.25) is 0 Å². The molecule has 0 radical (unpaired) electrons. The molecule has 5 nitrogen and oxygen atoms in total. The number of nitrogens with zero attached hydrogens (tertiary/aromatic N) is 2. The van der Waals surface area contributed by atoms with E-state index < -0.39 is 0 Å². The first-order chi connectivity index (χ1) is 11.7. The molecule has 2 saturated heterocycles. The molecule has 1 atom stereocenters. The lowest BCUT2D eigenvalue weighted by Gasteiger charge is -2.33. The van der Waals surface area contributed by atoms with Gasteiger partial charge in [0.1, 0.15) is 0 Å². The summed E-state index contributed by atoms with van der Waals surface area (Å²) in [5.41, 5.74) is 1.57. The molecule has 3 rings (SSSR count). The predicted molar refractivity (Wildman–Crippen MR) is 91.4 cm³/mol. The number of rotatable bonds is 5. The molecule has 2 aliphatic heterocycles. The van der Waals surface area contributed by atoms with Gasteiger partial charge in [0.25, 0.3) is 0 Å². The highest BCUT2D eigenvalue weighted by Gasteiger charge is 2.24. The van der Waals surface area contributed by atoms with E-state index in [0.29, 0.717) is 17.9 Å². The summed E-state index contributed by atoms with van der Waals surface area (Å²) in [5.74, 6) is 0.759. The number of nitrogens with one attached hydrogen (secondary N) is 1. The fourth-order valence-electron chi connectivity index (χ4n) is 3.51. The van der Waals surface area contributed by atoms with Crippen molar-refractivity contribution in [2.24, 2.45) is 5.92 Å². The Bertz CT molecular complexity index is 580. The van der Waals surface area contributed by atoms with Crippen LogP contribution in [0.3, 0.4) is 0 Å². The van der Waals surface area contributed by atoms with E-state index in [0.717, 1.165) is 51.3 Å². The van der Waals surface area contributed by atoms with Gasteiger partial charge >= 0.3 is 0 Å². The number of ether oxygens (including phenoxy) is 1. The number of nitriles is 1. The molecule has 2 fully saturated rings. The van der Waals surface area contributed by atoms with Crippen molar-refractivity contribution in [2.45, 2.75) is 31.7 Å². The Kier molecular flexibility index (Phi) is 5.84. The Balaban J connectivity index is 1.38. The molecule has 5 heteroatoms. The fraction of sp³-hybridized carbons (Fsp3) is 0.579. The van der Waals surface area contributed by atoms with Crippen LogP contribution in [0.1, 0.15) is 30.4 Å². The molecule has 0 aliphatic carbocycles. The number of carbonyl (C=O) groups excluding carboxylic acids is 1. The molecule has 0 spiro atoms. The molecule has 0 aromatic heterocycles. The number of likely N-dealkylation sites (tertiary alicyclic amines) is 1. The first-order valence-corrected chi connectivity index (χ1v) is 8.81. The van der Waals surface area contributed by atoms with Gasteiger partial charge in [0.15, 0.2) is 0 Å². The van der Waals surface area contributed by atoms with Crippen LogP contribution in [0.15, 0.2) is 24.3 Å². The summed E-state index contributed by atoms with van der Waals surface area (Å²) >= 11 is 0. The molecule has 0 saturated carbocycles. The average molecular weight is 327 g/mol. The van der Waals surface area contributed by atoms with E-state index in [1.54, 1.807) is 12.1 Å². The Morgan fingerprint density at radius 2 is 2.00 bits per heavy atom. The molecule has 128 valence electrons. The minimum atomic E-state index is 0.0716. The Labute approximate surface area is 143 Å². The van der Waals surface area contributed by atoms with Crippen LogP contribution in [-0.4, -0.2) is 49.7 Å². The summed E-state index contributed by atoms with van der Waals surface area (Å²) in [6, 6.07) is 9.59. The Morgan fingerprint density at radius 3 is 2.62 bits per heavy atom. The standard InChI is InChI=1S/C19H25N3O2/c20-12-16-3-1-15(2-4-16)11-19(23)21-18-5-8-22(9-6-18)13-17-7-10-24-14-17/h1-4,17-18H,5-11,13-14H2,(H,21,23). The minimum Gasteiger partial charge on any atom is -0.381 e. The van der Waals surface area contributed by atoms with Crippen LogP contribution < -0.4 is 5.32 Å². The van der Waals surface area contributed by atoms with Gasteiger partial charge < -0.3 is 15.0 Å². The van der Waals surface area contributed by atoms with Crippen LogP contribution in [0, 0.1) is 17.2 Å². The molecule has 24 heavy (non-hydrogen) atoms. The van der Waals surface area contributed by atoms with Crippen molar-refractivity contribution in [3.8, 4) is 6.07 Å². The summed E-state index contributed by atoms with van der Waals surface area (Å²) in [6.45, 7) is 5.05. The van der Waals surface area contributed by atoms with Crippen LogP contribution >= 0.6 is 0 Å². The van der Waals surface area contributed by atoms with Gasteiger partial charge in [-0.3, -0.25) is 4.79 Å². The first kappa shape index (κ1) is 16.9. The number of carbonyl (C=O) groups is 1. The molecule has 2 aliphatic rings. The topological polar surface area (TPSA) is 65.4 Å². The number of hydrogen-bond acceptors (Lipinski definition) is 4. The molecule has 1 unspecified atom stereocenters. The summed E-state index contributed by atoms with van der Waals surface area (Å²) in [7, 11) is 0. The maximum atomic E-state index is 12.2. The van der Waals surface area contributed by atoms with Crippen molar-refractivity contribution < 1.29 is 9.53 Å². The van der Waals surface area contributed by atoms with Crippen LogP contribution in [0.4, 0.5) is 0 Å². The van der Waals surface area contributed by atoms with Gasteiger partial charge in [-0.2, -0.15) is 5.26 Å². The molecule has 1 N–H and O–H groups in total.